The minimum absolute atomic E-state index is 0.516. The van der Waals surface area contributed by atoms with E-state index in [1.54, 1.807) is 0 Å². The van der Waals surface area contributed by atoms with Gasteiger partial charge in [-0.2, -0.15) is 0 Å². The molecule has 151 valence electrons. The van der Waals surface area contributed by atoms with E-state index in [2.05, 4.69) is 32.4 Å². The maximum Gasteiger partial charge on any atom is 0.151 e. The van der Waals surface area contributed by atoms with Gasteiger partial charge in [-0.15, -0.1) is 0 Å². The first-order valence-electron chi connectivity index (χ1n) is 10.7. The fourth-order valence-corrected chi connectivity index (χ4v) is 4.99. The van der Waals surface area contributed by atoms with Crippen LogP contribution in [0.15, 0.2) is 91.0 Å². The van der Waals surface area contributed by atoms with Crippen LogP contribution < -0.4 is 5.46 Å². The van der Waals surface area contributed by atoms with Crippen molar-refractivity contribution in [3.8, 4) is 11.1 Å². The molecule has 0 aromatic heterocycles. The lowest BCUT2D eigenvalue weighted by atomic mass is 9.64. The third-order valence-corrected chi connectivity index (χ3v) is 6.25. The summed E-state index contributed by atoms with van der Waals surface area (Å²) in [5.74, 6) is -1.07. The van der Waals surface area contributed by atoms with Crippen molar-refractivity contribution in [2.45, 2.75) is 25.1 Å². The largest absolute Gasteiger partial charge is 0.207 e. The number of benzene rings is 4. The van der Waals surface area contributed by atoms with Crippen LogP contribution in [0, 0.1) is 11.6 Å². The van der Waals surface area contributed by atoms with E-state index in [0.717, 1.165) is 46.5 Å². The van der Waals surface area contributed by atoms with Gasteiger partial charge in [-0.1, -0.05) is 104 Å². The predicted molar refractivity (Wildman–Crippen MR) is 124 cm³/mol. The molecule has 31 heavy (non-hydrogen) atoms. The number of fused-ring (bicyclic) bond motifs is 3. The first-order chi connectivity index (χ1) is 15.2. The zero-order valence-corrected chi connectivity index (χ0v) is 17.4. The number of halogens is 2. The molecule has 5 rings (SSSR count). The van der Waals surface area contributed by atoms with Gasteiger partial charge in [0.15, 0.2) is 7.28 Å². The van der Waals surface area contributed by atoms with E-state index < -0.39 is 17.0 Å². The van der Waals surface area contributed by atoms with Crippen molar-refractivity contribution in [2.24, 2.45) is 0 Å². The van der Waals surface area contributed by atoms with Crippen LogP contribution in [0.4, 0.5) is 8.78 Å². The molecule has 1 aliphatic carbocycles. The maximum absolute atomic E-state index is 15.6. The highest BCUT2D eigenvalue weighted by Crippen LogP contribution is 2.56. The summed E-state index contributed by atoms with van der Waals surface area (Å²) in [7, 11) is 2.18. The van der Waals surface area contributed by atoms with E-state index in [0.29, 0.717) is 11.1 Å². The van der Waals surface area contributed by atoms with Crippen LogP contribution in [-0.2, 0) is 5.41 Å². The van der Waals surface area contributed by atoms with Gasteiger partial charge in [0.25, 0.3) is 0 Å². The molecule has 0 atom stereocenters. The SMILES string of the molecule is CCC[B]c1ccc2c(c1)-c1cc(F)cc(F)c1C2(c1ccccc1)c1ccccc1. The molecule has 0 bridgehead atoms. The van der Waals surface area contributed by atoms with E-state index in [9.17, 15) is 4.39 Å². The quantitative estimate of drug-likeness (QED) is 0.292. The monoisotopic (exact) mass is 407 g/mol. The summed E-state index contributed by atoms with van der Waals surface area (Å²) in [6.45, 7) is 2.14. The average Bonchev–Trinajstić information content (AvgIpc) is 3.10. The van der Waals surface area contributed by atoms with Gasteiger partial charge in [0.05, 0.1) is 5.41 Å². The van der Waals surface area contributed by atoms with Crippen molar-refractivity contribution >= 4 is 12.7 Å². The average molecular weight is 407 g/mol. The first kappa shape index (κ1) is 19.7. The lowest BCUT2D eigenvalue weighted by Gasteiger charge is -2.34. The Morgan fingerprint density at radius 1 is 0.742 bits per heavy atom. The highest BCUT2D eigenvalue weighted by atomic mass is 19.1. The number of hydrogen-bond acceptors (Lipinski definition) is 0. The Morgan fingerprint density at radius 2 is 1.39 bits per heavy atom. The lowest BCUT2D eigenvalue weighted by molar-refractivity contribution is 0.560. The molecule has 0 amide bonds. The molecule has 3 heteroatoms. The van der Waals surface area contributed by atoms with Crippen molar-refractivity contribution in [3.63, 3.8) is 0 Å². The van der Waals surface area contributed by atoms with Gasteiger partial charge in [0, 0.05) is 11.6 Å². The molecule has 4 aromatic carbocycles. The van der Waals surface area contributed by atoms with Crippen LogP contribution in [0.5, 0.6) is 0 Å². The lowest BCUT2D eigenvalue weighted by Crippen LogP contribution is -2.30. The number of rotatable bonds is 5. The van der Waals surface area contributed by atoms with Gasteiger partial charge in [0.2, 0.25) is 0 Å². The summed E-state index contributed by atoms with van der Waals surface area (Å²) in [5, 5.41) is 0. The molecule has 0 nitrogen and oxygen atoms in total. The predicted octanol–water partition coefficient (Wildman–Crippen LogP) is 6.49. The van der Waals surface area contributed by atoms with Crippen LogP contribution in [0.1, 0.15) is 35.6 Å². The van der Waals surface area contributed by atoms with Gasteiger partial charge in [-0.05, 0) is 33.9 Å². The van der Waals surface area contributed by atoms with E-state index in [-0.39, 0.29) is 0 Å². The van der Waals surface area contributed by atoms with Crippen molar-refractivity contribution in [3.05, 3.63) is 125 Å². The molecular formula is C28H22BF2. The smallest absolute Gasteiger partial charge is 0.151 e. The van der Waals surface area contributed by atoms with E-state index in [1.165, 1.54) is 6.07 Å². The minimum atomic E-state index is -0.839. The highest BCUT2D eigenvalue weighted by Gasteiger charge is 2.48. The van der Waals surface area contributed by atoms with Crippen LogP contribution in [-0.4, -0.2) is 7.28 Å². The second-order valence-electron chi connectivity index (χ2n) is 8.09. The zero-order chi connectivity index (χ0) is 21.4. The van der Waals surface area contributed by atoms with Crippen molar-refractivity contribution in [1.82, 2.24) is 0 Å². The van der Waals surface area contributed by atoms with Crippen LogP contribution in [0.3, 0.4) is 0 Å². The summed E-state index contributed by atoms with van der Waals surface area (Å²) >= 11 is 0. The van der Waals surface area contributed by atoms with Crippen LogP contribution in [0.25, 0.3) is 11.1 Å². The molecular weight excluding hydrogens is 385 g/mol. The van der Waals surface area contributed by atoms with Gasteiger partial charge < -0.3 is 0 Å². The third kappa shape index (κ3) is 3.03. The number of hydrogen-bond donors (Lipinski definition) is 0. The summed E-state index contributed by atoms with van der Waals surface area (Å²) < 4.78 is 30.1. The first-order valence-corrected chi connectivity index (χ1v) is 10.7. The van der Waals surface area contributed by atoms with Gasteiger partial charge in [-0.3, -0.25) is 0 Å². The third-order valence-electron chi connectivity index (χ3n) is 6.25. The molecule has 0 spiro atoms. The fourth-order valence-electron chi connectivity index (χ4n) is 4.99. The Kier molecular flexibility index (Phi) is 4.98. The zero-order valence-electron chi connectivity index (χ0n) is 17.4. The molecule has 0 N–H and O–H groups in total. The highest BCUT2D eigenvalue weighted by molar-refractivity contribution is 6.53. The Labute approximate surface area is 182 Å². The summed E-state index contributed by atoms with van der Waals surface area (Å²) in [6, 6.07) is 28.7. The van der Waals surface area contributed by atoms with Crippen molar-refractivity contribution < 1.29 is 8.78 Å². The summed E-state index contributed by atoms with van der Waals surface area (Å²) in [4.78, 5) is 0. The molecule has 1 radical (unpaired) electrons. The summed E-state index contributed by atoms with van der Waals surface area (Å²) in [5.41, 5.74) is 5.21. The molecule has 0 heterocycles. The maximum atomic E-state index is 15.6. The van der Waals surface area contributed by atoms with Gasteiger partial charge in [-0.25, -0.2) is 8.78 Å². The van der Waals surface area contributed by atoms with Gasteiger partial charge >= 0.3 is 0 Å². The van der Waals surface area contributed by atoms with Crippen molar-refractivity contribution in [1.29, 1.82) is 0 Å². The molecule has 0 unspecified atom stereocenters. The topological polar surface area (TPSA) is 0 Å². The standard InChI is InChI=1S/C28H22BF2/c1-2-15-29-21-13-14-25-23(16-21)24-17-22(30)18-26(31)27(24)28(25,19-9-5-3-6-10-19)20-11-7-4-8-12-20/h3-14,16-18H,2,15H2,1H3. The Balaban J connectivity index is 1.91. The molecule has 4 aromatic rings. The summed E-state index contributed by atoms with van der Waals surface area (Å²) in [6.07, 6.45) is 2.01. The molecule has 0 fully saturated rings. The van der Waals surface area contributed by atoms with E-state index in [1.807, 2.05) is 60.7 Å². The Bertz CT molecular complexity index is 1190. The second-order valence-corrected chi connectivity index (χ2v) is 8.09. The van der Waals surface area contributed by atoms with E-state index >= 15 is 4.39 Å². The normalized spacial score (nSPS) is 13.5. The fraction of sp³-hybridized carbons (Fsp3) is 0.143. The van der Waals surface area contributed by atoms with Gasteiger partial charge in [0.1, 0.15) is 11.6 Å². The second kappa shape index (κ2) is 7.81. The Morgan fingerprint density at radius 3 is 2.00 bits per heavy atom. The molecule has 0 saturated carbocycles. The Hall–Kier alpha value is -3.20. The van der Waals surface area contributed by atoms with E-state index in [4.69, 9.17) is 0 Å². The minimum Gasteiger partial charge on any atom is -0.207 e. The van der Waals surface area contributed by atoms with Crippen LogP contribution >= 0.6 is 0 Å². The molecule has 1 aliphatic rings. The molecule has 0 saturated heterocycles. The van der Waals surface area contributed by atoms with Crippen LogP contribution in [0.2, 0.25) is 6.32 Å². The van der Waals surface area contributed by atoms with Crippen molar-refractivity contribution in [2.75, 3.05) is 0 Å². The molecule has 0 aliphatic heterocycles.